The van der Waals surface area contributed by atoms with Gasteiger partial charge in [-0.15, -0.1) is 4.98 Å². The van der Waals surface area contributed by atoms with E-state index in [4.69, 9.17) is 9.47 Å². The molecule has 0 bridgehead atoms. The third kappa shape index (κ3) is 3.60. The highest BCUT2D eigenvalue weighted by molar-refractivity contribution is 5.89. The van der Waals surface area contributed by atoms with E-state index in [2.05, 4.69) is 19.7 Å². The largest absolute Gasteiger partial charge is 0.467 e. The van der Waals surface area contributed by atoms with Gasteiger partial charge in [0.1, 0.15) is 5.75 Å². The highest BCUT2D eigenvalue weighted by Crippen LogP contribution is 2.21. The van der Waals surface area contributed by atoms with Crippen molar-refractivity contribution in [2.75, 3.05) is 33.2 Å². The molecule has 1 aromatic carbocycles. The summed E-state index contributed by atoms with van der Waals surface area (Å²) in [4.78, 5) is 25.3. The van der Waals surface area contributed by atoms with Gasteiger partial charge in [0.25, 0.3) is 0 Å². The molecule has 0 saturated carbocycles. The lowest BCUT2D eigenvalue weighted by molar-refractivity contribution is 0.0600. The molecule has 8 nitrogen and oxygen atoms in total. The molecule has 0 N–H and O–H groups in total. The van der Waals surface area contributed by atoms with Crippen molar-refractivity contribution in [2.24, 2.45) is 0 Å². The van der Waals surface area contributed by atoms with Gasteiger partial charge in [-0.2, -0.15) is 9.97 Å². The van der Waals surface area contributed by atoms with E-state index in [0.29, 0.717) is 17.3 Å². The molecule has 0 unspecified atom stereocenters. The lowest BCUT2D eigenvalue weighted by Gasteiger charge is -2.12. The summed E-state index contributed by atoms with van der Waals surface area (Å²) in [6.07, 6.45) is 0. The van der Waals surface area contributed by atoms with Gasteiger partial charge in [0.05, 0.1) is 19.8 Å². The number of carbonyl (C=O) groups excluding carboxylic acids is 1. The fourth-order valence-electron chi connectivity index (χ4n) is 1.55. The van der Waals surface area contributed by atoms with Crippen molar-refractivity contribution >= 4 is 11.9 Å². The summed E-state index contributed by atoms with van der Waals surface area (Å²) < 4.78 is 15.2. The first kappa shape index (κ1) is 15.5. The predicted molar refractivity (Wildman–Crippen MR) is 78.6 cm³/mol. The minimum absolute atomic E-state index is 0.0985. The Balaban J connectivity index is 2.22. The number of esters is 1. The maximum atomic E-state index is 11.4. The van der Waals surface area contributed by atoms with E-state index in [-0.39, 0.29) is 12.0 Å². The van der Waals surface area contributed by atoms with E-state index >= 15 is 0 Å². The Hall–Kier alpha value is -2.90. The van der Waals surface area contributed by atoms with Gasteiger partial charge in [-0.05, 0) is 24.3 Å². The van der Waals surface area contributed by atoms with Crippen LogP contribution < -0.4 is 14.4 Å². The molecule has 0 saturated heterocycles. The van der Waals surface area contributed by atoms with Crippen LogP contribution in [0.3, 0.4) is 0 Å². The summed E-state index contributed by atoms with van der Waals surface area (Å²) in [5.74, 6) is 0.474. The van der Waals surface area contributed by atoms with Crippen molar-refractivity contribution in [1.29, 1.82) is 0 Å². The summed E-state index contributed by atoms with van der Waals surface area (Å²) in [5, 5.41) is 0. The number of aromatic nitrogens is 3. The quantitative estimate of drug-likeness (QED) is 0.769. The number of methoxy groups -OCH3 is 2. The van der Waals surface area contributed by atoms with Gasteiger partial charge in [-0.1, -0.05) is 0 Å². The van der Waals surface area contributed by atoms with Crippen molar-refractivity contribution in [3.05, 3.63) is 29.8 Å². The van der Waals surface area contributed by atoms with Crippen LogP contribution in [0.25, 0.3) is 0 Å². The molecule has 8 heteroatoms. The highest BCUT2D eigenvalue weighted by atomic mass is 16.5. The van der Waals surface area contributed by atoms with E-state index in [1.54, 1.807) is 43.3 Å². The molecule has 1 heterocycles. The number of anilines is 1. The molecule has 0 atom stereocenters. The number of carbonyl (C=O) groups is 1. The van der Waals surface area contributed by atoms with Gasteiger partial charge in [-0.3, -0.25) is 0 Å². The van der Waals surface area contributed by atoms with Crippen molar-refractivity contribution in [2.45, 2.75) is 0 Å². The summed E-state index contributed by atoms with van der Waals surface area (Å²) in [5.41, 5.74) is 0.428. The number of benzene rings is 1. The maximum absolute atomic E-state index is 11.4. The van der Waals surface area contributed by atoms with E-state index in [9.17, 15) is 4.79 Å². The van der Waals surface area contributed by atoms with E-state index in [1.807, 2.05) is 0 Å². The van der Waals surface area contributed by atoms with Crippen molar-refractivity contribution in [1.82, 2.24) is 15.0 Å². The monoisotopic (exact) mass is 304 g/mol. The zero-order valence-electron chi connectivity index (χ0n) is 12.7. The summed E-state index contributed by atoms with van der Waals surface area (Å²) >= 11 is 0. The first-order valence-corrected chi connectivity index (χ1v) is 6.37. The maximum Gasteiger partial charge on any atom is 0.337 e. The lowest BCUT2D eigenvalue weighted by Crippen LogP contribution is -2.14. The van der Waals surface area contributed by atoms with Crippen LogP contribution in [0.2, 0.25) is 0 Å². The van der Waals surface area contributed by atoms with Crippen LogP contribution >= 0.6 is 0 Å². The molecular weight excluding hydrogens is 288 g/mol. The van der Waals surface area contributed by atoms with Crippen molar-refractivity contribution in [3.8, 4) is 17.8 Å². The Labute approximate surface area is 127 Å². The van der Waals surface area contributed by atoms with Crippen LogP contribution in [0.1, 0.15) is 10.4 Å². The molecule has 2 rings (SSSR count). The molecule has 0 aliphatic heterocycles. The molecule has 0 aliphatic carbocycles. The first-order chi connectivity index (χ1) is 10.5. The van der Waals surface area contributed by atoms with Gasteiger partial charge >= 0.3 is 18.0 Å². The zero-order valence-corrected chi connectivity index (χ0v) is 12.7. The highest BCUT2D eigenvalue weighted by Gasteiger charge is 2.11. The standard InChI is InChI=1S/C14H16N4O4/c1-18(2)12-15-13(21-4)17-14(16-12)22-10-7-5-9(6-8-10)11(19)20-3/h5-8H,1-4H3. The fraction of sp³-hybridized carbons (Fsp3) is 0.286. The summed E-state index contributed by atoms with van der Waals surface area (Å²) in [6.45, 7) is 0. The number of nitrogens with zero attached hydrogens (tertiary/aromatic N) is 4. The Kier molecular flexibility index (Phi) is 4.72. The average molecular weight is 304 g/mol. The van der Waals surface area contributed by atoms with Crippen LogP contribution in [0.15, 0.2) is 24.3 Å². The Morgan fingerprint density at radius 1 is 1.00 bits per heavy atom. The van der Waals surface area contributed by atoms with E-state index in [1.165, 1.54) is 14.2 Å². The number of rotatable bonds is 5. The lowest BCUT2D eigenvalue weighted by atomic mass is 10.2. The Morgan fingerprint density at radius 2 is 1.64 bits per heavy atom. The normalized spacial score (nSPS) is 10.0. The molecule has 116 valence electrons. The minimum atomic E-state index is -0.414. The van der Waals surface area contributed by atoms with Crippen molar-refractivity contribution < 1.29 is 19.0 Å². The molecule has 0 spiro atoms. The molecular formula is C14H16N4O4. The third-order valence-electron chi connectivity index (χ3n) is 2.65. The Bertz CT molecular complexity index is 658. The average Bonchev–Trinajstić information content (AvgIpc) is 2.54. The number of hydrogen-bond donors (Lipinski definition) is 0. The zero-order chi connectivity index (χ0) is 16.1. The van der Waals surface area contributed by atoms with Crippen LogP contribution in [-0.2, 0) is 4.74 Å². The summed E-state index contributed by atoms with van der Waals surface area (Å²) in [6, 6.07) is 6.68. The predicted octanol–water partition coefficient (Wildman–Crippen LogP) is 1.53. The SMILES string of the molecule is COC(=O)c1ccc(Oc2nc(OC)nc(N(C)C)n2)cc1. The van der Waals surface area contributed by atoms with Gasteiger partial charge < -0.3 is 19.1 Å². The molecule has 0 radical (unpaired) electrons. The van der Waals surface area contributed by atoms with E-state index < -0.39 is 5.97 Å². The van der Waals surface area contributed by atoms with Gasteiger partial charge in [0.15, 0.2) is 0 Å². The minimum Gasteiger partial charge on any atom is -0.467 e. The third-order valence-corrected chi connectivity index (χ3v) is 2.65. The molecule has 22 heavy (non-hydrogen) atoms. The summed E-state index contributed by atoms with van der Waals surface area (Å²) in [7, 11) is 6.38. The first-order valence-electron chi connectivity index (χ1n) is 6.37. The van der Waals surface area contributed by atoms with Crippen LogP contribution in [0.4, 0.5) is 5.95 Å². The second-order valence-corrected chi connectivity index (χ2v) is 4.42. The van der Waals surface area contributed by atoms with Crippen LogP contribution in [0, 0.1) is 0 Å². The van der Waals surface area contributed by atoms with Gasteiger partial charge in [0, 0.05) is 14.1 Å². The number of ether oxygens (including phenoxy) is 3. The molecule has 2 aromatic rings. The van der Waals surface area contributed by atoms with Gasteiger partial charge in [0.2, 0.25) is 5.95 Å². The fourth-order valence-corrected chi connectivity index (χ4v) is 1.55. The smallest absolute Gasteiger partial charge is 0.337 e. The van der Waals surface area contributed by atoms with E-state index in [0.717, 1.165) is 0 Å². The molecule has 0 amide bonds. The van der Waals surface area contributed by atoms with Crippen LogP contribution in [0.5, 0.6) is 17.8 Å². The second kappa shape index (κ2) is 6.70. The molecule has 0 aliphatic rings. The number of hydrogen-bond acceptors (Lipinski definition) is 8. The molecule has 0 fully saturated rings. The topological polar surface area (TPSA) is 86.7 Å². The van der Waals surface area contributed by atoms with Gasteiger partial charge in [-0.25, -0.2) is 4.79 Å². The molecule has 1 aromatic heterocycles. The van der Waals surface area contributed by atoms with Crippen molar-refractivity contribution in [3.63, 3.8) is 0 Å². The Morgan fingerprint density at radius 3 is 2.18 bits per heavy atom. The van der Waals surface area contributed by atoms with Crippen LogP contribution in [-0.4, -0.2) is 49.2 Å². The second-order valence-electron chi connectivity index (χ2n) is 4.42.